The van der Waals surface area contributed by atoms with Crippen LogP contribution in [0.1, 0.15) is 19.4 Å². The van der Waals surface area contributed by atoms with Gasteiger partial charge in [0, 0.05) is 17.6 Å². The molecule has 21 heavy (non-hydrogen) atoms. The van der Waals surface area contributed by atoms with E-state index in [1.54, 1.807) is 12.1 Å². The van der Waals surface area contributed by atoms with Gasteiger partial charge in [0.2, 0.25) is 0 Å². The molecular weight excluding hydrogens is 274 g/mol. The summed E-state index contributed by atoms with van der Waals surface area (Å²) in [5.74, 6) is -2.31. The van der Waals surface area contributed by atoms with Crippen molar-refractivity contribution in [2.24, 2.45) is 0 Å². The quantitative estimate of drug-likeness (QED) is 0.809. The van der Waals surface area contributed by atoms with Crippen molar-refractivity contribution in [3.63, 3.8) is 0 Å². The lowest BCUT2D eigenvalue weighted by atomic mass is 10.0. The van der Waals surface area contributed by atoms with Crippen LogP contribution in [0, 0.1) is 0 Å². The van der Waals surface area contributed by atoms with Crippen LogP contribution in [0.25, 0.3) is 0 Å². The van der Waals surface area contributed by atoms with Gasteiger partial charge in [-0.05, 0) is 31.5 Å². The van der Waals surface area contributed by atoms with Crippen molar-refractivity contribution in [3.05, 3.63) is 41.0 Å². The number of phenols is 1. The zero-order valence-corrected chi connectivity index (χ0v) is 11.7. The Kier molecular flexibility index (Phi) is 3.80. The van der Waals surface area contributed by atoms with Crippen LogP contribution in [-0.2, 0) is 20.8 Å². The highest BCUT2D eigenvalue weighted by atomic mass is 16.4. The topological polar surface area (TPSA) is 94.9 Å². The van der Waals surface area contributed by atoms with Crippen LogP contribution in [-0.4, -0.2) is 38.9 Å². The Labute approximate surface area is 121 Å². The molecular formula is C15H15NO5. The van der Waals surface area contributed by atoms with E-state index in [2.05, 4.69) is 0 Å². The molecule has 6 heteroatoms. The Hall–Kier alpha value is -2.63. The van der Waals surface area contributed by atoms with E-state index in [9.17, 15) is 24.6 Å². The fraction of sp³-hybridized carbons (Fsp3) is 0.267. The first-order valence-corrected chi connectivity index (χ1v) is 6.39. The number of benzene rings is 1. The number of carbonyl (C=O) groups excluding carboxylic acids is 2. The van der Waals surface area contributed by atoms with Gasteiger partial charge in [-0.3, -0.25) is 14.5 Å². The first-order chi connectivity index (χ1) is 9.82. The minimum absolute atomic E-state index is 0.00630. The molecule has 1 aromatic carbocycles. The standard InChI is InChI=1S/C15H15NO5/c1-8-9(2)14(19)16(13(8)18)12(15(20)21)7-10-3-5-11(17)6-4-10/h3-6,12,17H,7H2,1-2H3,(H,20,21). The molecule has 0 aromatic heterocycles. The van der Waals surface area contributed by atoms with Gasteiger partial charge < -0.3 is 10.2 Å². The van der Waals surface area contributed by atoms with Crippen molar-refractivity contribution < 1.29 is 24.6 Å². The minimum atomic E-state index is -1.26. The van der Waals surface area contributed by atoms with Gasteiger partial charge in [0.05, 0.1) is 0 Å². The molecule has 1 aliphatic heterocycles. The lowest BCUT2D eigenvalue weighted by Crippen LogP contribution is -2.47. The second-order valence-corrected chi connectivity index (χ2v) is 4.95. The van der Waals surface area contributed by atoms with Gasteiger partial charge in [-0.2, -0.15) is 0 Å². The van der Waals surface area contributed by atoms with Gasteiger partial charge >= 0.3 is 5.97 Å². The Bertz CT molecular complexity index is 621. The summed E-state index contributed by atoms with van der Waals surface area (Å²) in [6.45, 7) is 3.02. The number of aromatic hydroxyl groups is 1. The molecule has 1 aliphatic rings. The monoisotopic (exact) mass is 289 g/mol. The van der Waals surface area contributed by atoms with Gasteiger partial charge in [0.15, 0.2) is 0 Å². The van der Waals surface area contributed by atoms with Crippen LogP contribution in [0.4, 0.5) is 0 Å². The van der Waals surface area contributed by atoms with Crippen molar-refractivity contribution >= 4 is 17.8 Å². The number of phenolic OH excluding ortho intramolecular Hbond substituents is 1. The number of carboxylic acids is 1. The maximum atomic E-state index is 12.1. The van der Waals surface area contributed by atoms with Crippen LogP contribution >= 0.6 is 0 Å². The zero-order valence-electron chi connectivity index (χ0n) is 11.7. The van der Waals surface area contributed by atoms with Crippen LogP contribution in [0.5, 0.6) is 5.75 Å². The fourth-order valence-corrected chi connectivity index (χ4v) is 2.20. The van der Waals surface area contributed by atoms with Gasteiger partial charge in [-0.1, -0.05) is 12.1 Å². The maximum absolute atomic E-state index is 12.1. The van der Waals surface area contributed by atoms with E-state index in [1.807, 2.05) is 0 Å². The van der Waals surface area contributed by atoms with Crippen LogP contribution in [0.2, 0.25) is 0 Å². The molecule has 0 saturated heterocycles. The molecule has 0 bridgehead atoms. The Morgan fingerprint density at radius 2 is 1.57 bits per heavy atom. The lowest BCUT2D eigenvalue weighted by Gasteiger charge is -2.23. The van der Waals surface area contributed by atoms with Gasteiger partial charge in [-0.15, -0.1) is 0 Å². The maximum Gasteiger partial charge on any atom is 0.327 e. The summed E-state index contributed by atoms with van der Waals surface area (Å²) in [6, 6.07) is 4.71. The number of carbonyl (C=O) groups is 3. The Balaban J connectivity index is 2.29. The van der Waals surface area contributed by atoms with E-state index < -0.39 is 23.8 Å². The van der Waals surface area contributed by atoms with Crippen LogP contribution in [0.15, 0.2) is 35.4 Å². The van der Waals surface area contributed by atoms with Gasteiger partial charge in [0.25, 0.3) is 11.8 Å². The number of rotatable bonds is 4. The molecule has 1 aromatic rings. The number of hydrogen-bond acceptors (Lipinski definition) is 4. The van der Waals surface area contributed by atoms with E-state index in [0.29, 0.717) is 5.56 Å². The summed E-state index contributed by atoms with van der Waals surface area (Å²) in [5, 5.41) is 18.6. The highest BCUT2D eigenvalue weighted by molar-refractivity contribution is 6.20. The number of imide groups is 1. The summed E-state index contributed by atoms with van der Waals surface area (Å²) < 4.78 is 0. The Morgan fingerprint density at radius 1 is 1.10 bits per heavy atom. The fourth-order valence-electron chi connectivity index (χ4n) is 2.20. The molecule has 1 unspecified atom stereocenters. The SMILES string of the molecule is CC1=C(C)C(=O)N(C(Cc2ccc(O)cc2)C(=O)O)C1=O. The Morgan fingerprint density at radius 3 is 2.00 bits per heavy atom. The molecule has 0 spiro atoms. The summed E-state index contributed by atoms with van der Waals surface area (Å²) in [7, 11) is 0. The summed E-state index contributed by atoms with van der Waals surface area (Å²) in [5.41, 5.74) is 1.16. The molecule has 6 nitrogen and oxygen atoms in total. The van der Waals surface area contributed by atoms with Gasteiger partial charge in [0.1, 0.15) is 11.8 Å². The molecule has 0 saturated carbocycles. The number of aliphatic carboxylic acids is 1. The predicted molar refractivity (Wildman–Crippen MR) is 73.5 cm³/mol. The highest BCUT2D eigenvalue weighted by Gasteiger charge is 2.41. The molecule has 2 N–H and O–H groups in total. The van der Waals surface area contributed by atoms with Crippen LogP contribution in [0.3, 0.4) is 0 Å². The third-order valence-corrected chi connectivity index (χ3v) is 3.60. The van der Waals surface area contributed by atoms with Crippen molar-refractivity contribution in [1.82, 2.24) is 4.90 Å². The molecule has 1 heterocycles. The van der Waals surface area contributed by atoms with E-state index in [-0.39, 0.29) is 23.3 Å². The van der Waals surface area contributed by atoms with Crippen molar-refractivity contribution in [1.29, 1.82) is 0 Å². The molecule has 0 aliphatic carbocycles. The van der Waals surface area contributed by atoms with E-state index in [4.69, 9.17) is 0 Å². The smallest absolute Gasteiger partial charge is 0.327 e. The van der Waals surface area contributed by atoms with E-state index in [0.717, 1.165) is 4.90 Å². The summed E-state index contributed by atoms with van der Waals surface area (Å²) in [4.78, 5) is 36.4. The van der Waals surface area contributed by atoms with Crippen molar-refractivity contribution in [2.75, 3.05) is 0 Å². The number of amides is 2. The molecule has 110 valence electrons. The molecule has 2 amide bonds. The highest BCUT2D eigenvalue weighted by Crippen LogP contribution is 2.24. The molecule has 0 radical (unpaired) electrons. The van der Waals surface area contributed by atoms with Crippen LogP contribution < -0.4 is 0 Å². The molecule has 1 atom stereocenters. The largest absolute Gasteiger partial charge is 0.508 e. The first kappa shape index (κ1) is 14.8. The zero-order chi connectivity index (χ0) is 15.7. The average Bonchev–Trinajstić information content (AvgIpc) is 2.63. The van der Waals surface area contributed by atoms with Gasteiger partial charge in [-0.25, -0.2) is 4.79 Å². The third-order valence-electron chi connectivity index (χ3n) is 3.60. The lowest BCUT2D eigenvalue weighted by molar-refractivity contribution is -0.153. The number of hydrogen-bond donors (Lipinski definition) is 2. The number of nitrogens with zero attached hydrogens (tertiary/aromatic N) is 1. The van der Waals surface area contributed by atoms with Crippen molar-refractivity contribution in [2.45, 2.75) is 26.3 Å². The minimum Gasteiger partial charge on any atom is -0.508 e. The second kappa shape index (κ2) is 5.40. The number of carboxylic acid groups (broad SMARTS) is 1. The normalized spacial score (nSPS) is 16.6. The van der Waals surface area contributed by atoms with Crippen molar-refractivity contribution in [3.8, 4) is 5.75 Å². The summed E-state index contributed by atoms with van der Waals surface area (Å²) >= 11 is 0. The predicted octanol–water partition coefficient (Wildman–Crippen LogP) is 1.09. The third kappa shape index (κ3) is 2.65. The molecule has 2 rings (SSSR count). The molecule has 0 fully saturated rings. The average molecular weight is 289 g/mol. The second-order valence-electron chi connectivity index (χ2n) is 4.95. The summed E-state index contributed by atoms with van der Waals surface area (Å²) in [6.07, 6.45) is -0.00630. The van der Waals surface area contributed by atoms with E-state index >= 15 is 0 Å². The first-order valence-electron chi connectivity index (χ1n) is 6.39. The van der Waals surface area contributed by atoms with E-state index in [1.165, 1.54) is 26.0 Å².